The molecule has 0 bridgehead atoms. The number of carbonyl (C=O) groups excluding carboxylic acids is 1. The number of hydrazine groups is 1. The van der Waals surface area contributed by atoms with E-state index >= 15 is 0 Å². The molecule has 1 heterocycles. The lowest BCUT2D eigenvalue weighted by Gasteiger charge is -2.16. The summed E-state index contributed by atoms with van der Waals surface area (Å²) in [5.41, 5.74) is 2.22. The summed E-state index contributed by atoms with van der Waals surface area (Å²) in [6, 6.07) is 0. The third kappa shape index (κ3) is 4.40. The Morgan fingerprint density at radius 1 is 1.73 bits per heavy atom. The fraction of sp³-hybridized carbons (Fsp3) is 0.900. The molecular formula is C10H20N2O2S. The van der Waals surface area contributed by atoms with E-state index in [1.54, 1.807) is 11.8 Å². The highest BCUT2D eigenvalue weighted by atomic mass is 32.2. The van der Waals surface area contributed by atoms with E-state index in [0.29, 0.717) is 6.10 Å². The summed E-state index contributed by atoms with van der Waals surface area (Å²) in [6.07, 6.45) is 4.47. The summed E-state index contributed by atoms with van der Waals surface area (Å²) in [6.45, 7) is 2.94. The van der Waals surface area contributed by atoms with Gasteiger partial charge in [-0.05, 0) is 19.3 Å². The molecule has 0 radical (unpaired) electrons. The van der Waals surface area contributed by atoms with Crippen LogP contribution in [0.3, 0.4) is 0 Å². The Morgan fingerprint density at radius 2 is 2.53 bits per heavy atom. The molecular weight excluding hydrogens is 212 g/mol. The third-order valence-electron chi connectivity index (χ3n) is 2.49. The van der Waals surface area contributed by atoms with Crippen LogP contribution in [0.15, 0.2) is 0 Å². The molecule has 1 aliphatic heterocycles. The van der Waals surface area contributed by atoms with Crippen molar-refractivity contribution in [2.75, 3.05) is 12.4 Å². The zero-order valence-electron chi connectivity index (χ0n) is 9.20. The number of hydrogen-bond donors (Lipinski definition) is 2. The molecule has 0 aromatic heterocycles. The van der Waals surface area contributed by atoms with Gasteiger partial charge in [0.25, 0.3) is 0 Å². The lowest BCUT2D eigenvalue weighted by Crippen LogP contribution is -2.38. The van der Waals surface area contributed by atoms with E-state index in [1.807, 2.05) is 0 Å². The first kappa shape index (κ1) is 12.8. The van der Waals surface area contributed by atoms with Crippen LogP contribution >= 0.6 is 11.8 Å². The molecule has 0 aliphatic carbocycles. The number of amides is 1. The van der Waals surface area contributed by atoms with Crippen LogP contribution in [0.1, 0.15) is 32.6 Å². The number of rotatable bonds is 6. The fourth-order valence-corrected chi connectivity index (χ4v) is 2.98. The number of carbonyl (C=O) groups is 1. The standard InChI is InChI=1S/C10H20N2O2S/c1-2-4-9(10(13)12-11)15-7-8-5-3-6-14-8/h8-9H,2-7,11H2,1H3,(H,12,13). The fourth-order valence-electron chi connectivity index (χ4n) is 1.64. The smallest absolute Gasteiger partial charge is 0.246 e. The van der Waals surface area contributed by atoms with Crippen molar-refractivity contribution in [1.82, 2.24) is 5.43 Å². The number of ether oxygens (including phenoxy) is 1. The Kier molecular flexibility index (Phi) is 6.05. The predicted molar refractivity (Wildman–Crippen MR) is 62.5 cm³/mol. The summed E-state index contributed by atoms with van der Waals surface area (Å²) < 4.78 is 5.51. The first-order valence-electron chi connectivity index (χ1n) is 5.51. The van der Waals surface area contributed by atoms with Crippen molar-refractivity contribution in [1.29, 1.82) is 0 Å². The maximum absolute atomic E-state index is 11.4. The van der Waals surface area contributed by atoms with Gasteiger partial charge in [-0.1, -0.05) is 13.3 Å². The highest BCUT2D eigenvalue weighted by Crippen LogP contribution is 2.22. The average molecular weight is 232 g/mol. The summed E-state index contributed by atoms with van der Waals surface area (Å²) in [4.78, 5) is 11.4. The molecule has 0 aromatic carbocycles. The van der Waals surface area contributed by atoms with Crippen LogP contribution in [0.4, 0.5) is 0 Å². The monoisotopic (exact) mass is 232 g/mol. The minimum absolute atomic E-state index is 0.0239. The molecule has 1 aliphatic rings. The van der Waals surface area contributed by atoms with Crippen molar-refractivity contribution in [3.05, 3.63) is 0 Å². The van der Waals surface area contributed by atoms with Gasteiger partial charge in [-0.3, -0.25) is 10.2 Å². The Balaban J connectivity index is 2.26. The van der Waals surface area contributed by atoms with Crippen molar-refractivity contribution >= 4 is 17.7 Å². The Morgan fingerprint density at radius 3 is 3.07 bits per heavy atom. The van der Waals surface area contributed by atoms with Gasteiger partial charge in [0.1, 0.15) is 0 Å². The van der Waals surface area contributed by atoms with Gasteiger partial charge in [0.2, 0.25) is 5.91 Å². The summed E-state index contributed by atoms with van der Waals surface area (Å²) >= 11 is 1.66. The quantitative estimate of drug-likeness (QED) is 0.408. The molecule has 4 nitrogen and oxygen atoms in total. The van der Waals surface area contributed by atoms with Gasteiger partial charge in [0.05, 0.1) is 11.4 Å². The largest absolute Gasteiger partial charge is 0.377 e. The van der Waals surface area contributed by atoms with E-state index < -0.39 is 0 Å². The Bertz CT molecular complexity index is 196. The van der Waals surface area contributed by atoms with Crippen molar-refractivity contribution < 1.29 is 9.53 Å². The molecule has 2 unspecified atom stereocenters. The summed E-state index contributed by atoms with van der Waals surface area (Å²) in [7, 11) is 0. The van der Waals surface area contributed by atoms with Gasteiger partial charge in [0, 0.05) is 12.4 Å². The zero-order valence-corrected chi connectivity index (χ0v) is 10.0. The van der Waals surface area contributed by atoms with E-state index in [4.69, 9.17) is 10.6 Å². The second kappa shape index (κ2) is 7.09. The lowest BCUT2D eigenvalue weighted by molar-refractivity contribution is -0.120. The molecule has 2 atom stereocenters. The van der Waals surface area contributed by atoms with Gasteiger partial charge in [-0.15, -0.1) is 11.8 Å². The second-order valence-corrected chi connectivity index (χ2v) is 4.99. The van der Waals surface area contributed by atoms with Crippen LogP contribution in [0.5, 0.6) is 0 Å². The summed E-state index contributed by atoms with van der Waals surface area (Å²) in [5.74, 6) is 5.97. The highest BCUT2D eigenvalue weighted by Gasteiger charge is 2.21. The molecule has 3 N–H and O–H groups in total. The van der Waals surface area contributed by atoms with E-state index in [-0.39, 0.29) is 11.2 Å². The average Bonchev–Trinajstić information content (AvgIpc) is 2.76. The van der Waals surface area contributed by atoms with E-state index in [2.05, 4.69) is 12.3 Å². The van der Waals surface area contributed by atoms with E-state index in [0.717, 1.165) is 38.0 Å². The van der Waals surface area contributed by atoms with Crippen molar-refractivity contribution in [3.8, 4) is 0 Å². The maximum atomic E-state index is 11.4. The normalized spacial score (nSPS) is 22.7. The second-order valence-electron chi connectivity index (χ2n) is 3.75. The van der Waals surface area contributed by atoms with Gasteiger partial charge < -0.3 is 4.74 Å². The van der Waals surface area contributed by atoms with Gasteiger partial charge >= 0.3 is 0 Å². The molecule has 0 spiro atoms. The molecule has 1 amide bonds. The molecule has 0 saturated carbocycles. The molecule has 1 rings (SSSR count). The zero-order chi connectivity index (χ0) is 11.1. The van der Waals surface area contributed by atoms with Crippen molar-refractivity contribution in [2.24, 2.45) is 5.84 Å². The number of hydrogen-bond acceptors (Lipinski definition) is 4. The number of nitrogens with two attached hydrogens (primary N) is 1. The molecule has 5 heteroatoms. The molecule has 1 saturated heterocycles. The maximum Gasteiger partial charge on any atom is 0.246 e. The molecule has 15 heavy (non-hydrogen) atoms. The van der Waals surface area contributed by atoms with Crippen LogP contribution < -0.4 is 11.3 Å². The van der Waals surface area contributed by atoms with Gasteiger partial charge in [-0.25, -0.2) is 5.84 Å². The van der Waals surface area contributed by atoms with Crippen LogP contribution in [0.2, 0.25) is 0 Å². The first-order valence-corrected chi connectivity index (χ1v) is 6.56. The SMILES string of the molecule is CCCC(SCC1CCCO1)C(=O)NN. The predicted octanol–water partition coefficient (Wildman–Crippen LogP) is 1.06. The minimum atomic E-state index is -0.0696. The Labute approximate surface area is 95.3 Å². The lowest BCUT2D eigenvalue weighted by atomic mass is 10.2. The van der Waals surface area contributed by atoms with Gasteiger partial charge in [-0.2, -0.15) is 0 Å². The van der Waals surface area contributed by atoms with Crippen LogP contribution in [-0.4, -0.2) is 29.6 Å². The minimum Gasteiger partial charge on any atom is -0.377 e. The molecule has 88 valence electrons. The first-order chi connectivity index (χ1) is 7.27. The number of nitrogens with one attached hydrogen (secondary N) is 1. The molecule has 1 fully saturated rings. The third-order valence-corrected chi connectivity index (χ3v) is 3.91. The Hall–Kier alpha value is -0.260. The summed E-state index contributed by atoms with van der Waals surface area (Å²) in [5, 5.41) is -0.0239. The topological polar surface area (TPSA) is 64.3 Å². The van der Waals surface area contributed by atoms with E-state index in [9.17, 15) is 4.79 Å². The van der Waals surface area contributed by atoms with E-state index in [1.165, 1.54) is 0 Å². The highest BCUT2D eigenvalue weighted by molar-refractivity contribution is 8.00. The van der Waals surface area contributed by atoms with Crippen molar-refractivity contribution in [3.63, 3.8) is 0 Å². The molecule has 0 aromatic rings. The van der Waals surface area contributed by atoms with Crippen molar-refractivity contribution in [2.45, 2.75) is 44.0 Å². The number of thioether (sulfide) groups is 1. The van der Waals surface area contributed by atoms with Crippen LogP contribution in [0, 0.1) is 0 Å². The van der Waals surface area contributed by atoms with Crippen LogP contribution in [-0.2, 0) is 9.53 Å². The van der Waals surface area contributed by atoms with Gasteiger partial charge in [0.15, 0.2) is 0 Å². The van der Waals surface area contributed by atoms with Crippen LogP contribution in [0.25, 0.3) is 0 Å².